The Morgan fingerprint density at radius 1 is 0.496 bits per heavy atom. The third-order valence-corrected chi connectivity index (χ3v) is 33.6. The average molecular weight is 2030 g/mol. The third kappa shape index (κ3) is 22.4. The van der Waals surface area contributed by atoms with E-state index in [1.54, 1.807) is 27.7 Å². The van der Waals surface area contributed by atoms with Crippen LogP contribution in [-0.4, -0.2) is 445 Å². The van der Waals surface area contributed by atoms with Gasteiger partial charge in [0.05, 0.1) is 93.7 Å². The van der Waals surface area contributed by atoms with Crippen molar-refractivity contribution in [2.45, 2.75) is 424 Å². The molecule has 12 fully saturated rings. The van der Waals surface area contributed by atoms with Crippen molar-refractivity contribution < 1.29 is 222 Å². The van der Waals surface area contributed by atoms with E-state index in [0.29, 0.717) is 57.8 Å². The molecule has 23 N–H and O–H groups in total. The molecule has 0 aromatic heterocycles. The van der Waals surface area contributed by atoms with E-state index in [-0.39, 0.29) is 49.9 Å². The van der Waals surface area contributed by atoms with Gasteiger partial charge in [0.15, 0.2) is 50.1 Å². The van der Waals surface area contributed by atoms with Gasteiger partial charge in [-0.3, -0.25) is 9.59 Å². The van der Waals surface area contributed by atoms with E-state index in [9.17, 15) is 122 Å². The summed E-state index contributed by atoms with van der Waals surface area (Å²) >= 11 is 0. The number of carbonyl (C=O) groups excluding carboxylic acids is 3. The predicted molar refractivity (Wildman–Crippen MR) is 477 cm³/mol. The second-order valence-corrected chi connectivity index (χ2v) is 43.6. The molecule has 0 spiro atoms. The van der Waals surface area contributed by atoms with Gasteiger partial charge in [0, 0.05) is 11.8 Å². The molecular formula is C96H154O45. The Bertz CT molecular complexity index is 4240. The molecule has 50 unspecified atom stereocenters. The number of ether oxygens (including phenoxy) is 19. The zero-order valence-electron chi connectivity index (χ0n) is 82.0. The fraction of sp³-hybridized carbons (Fsp3) is 0.885. The molecule has 0 aromatic rings. The largest absolute Gasteiger partial charge is 0.458 e. The molecular weight excluding hydrogens is 1870 g/mol. The van der Waals surface area contributed by atoms with Gasteiger partial charge in [-0.25, -0.2) is 4.79 Å². The first-order chi connectivity index (χ1) is 66.1. The Kier molecular flexibility index (Phi) is 36.5. The Labute approximate surface area is 817 Å². The van der Waals surface area contributed by atoms with Crippen molar-refractivity contribution >= 4 is 17.9 Å². The maximum absolute atomic E-state index is 16.3. The molecule has 0 aromatic carbocycles. The summed E-state index contributed by atoms with van der Waals surface area (Å²) in [5.74, 6) is -3.77. The molecule has 0 amide bonds. The van der Waals surface area contributed by atoms with Crippen molar-refractivity contribution in [1.29, 1.82) is 0 Å². The van der Waals surface area contributed by atoms with Gasteiger partial charge in [0.2, 0.25) is 6.29 Å². The predicted octanol–water partition coefficient (Wildman–Crippen LogP) is -4.69. The van der Waals surface area contributed by atoms with Crippen LogP contribution in [0, 0.1) is 56.2 Å². The Morgan fingerprint density at radius 3 is 1.59 bits per heavy atom. The van der Waals surface area contributed by atoms with Gasteiger partial charge >= 0.3 is 17.9 Å². The lowest BCUT2D eigenvalue weighted by molar-refractivity contribution is -0.384. The van der Waals surface area contributed by atoms with Gasteiger partial charge in [0.1, 0.15) is 177 Å². The van der Waals surface area contributed by atoms with Crippen LogP contribution in [0.25, 0.3) is 0 Å². The Hall–Kier alpha value is -4.19. The second kappa shape index (κ2) is 45.1. The zero-order valence-corrected chi connectivity index (χ0v) is 82.0. The fourth-order valence-corrected chi connectivity index (χ4v) is 24.3. The molecule has 8 saturated heterocycles. The lowest BCUT2D eigenvalue weighted by Crippen LogP contribution is -2.67. The topological polar surface area (TPSA) is 692 Å². The first-order valence-electron chi connectivity index (χ1n) is 49.2. The highest BCUT2D eigenvalue weighted by molar-refractivity contribution is 5.89. The third-order valence-electron chi connectivity index (χ3n) is 33.6. The number of allylic oxidation sites excluding steroid dienone is 3. The molecule has 141 heavy (non-hydrogen) atoms. The summed E-state index contributed by atoms with van der Waals surface area (Å²) in [4.78, 5) is 44.6. The molecule has 0 radical (unpaired) electrons. The molecule has 13 rings (SSSR count). The van der Waals surface area contributed by atoms with Crippen LogP contribution in [0.2, 0.25) is 0 Å². The summed E-state index contributed by atoms with van der Waals surface area (Å²) in [6.07, 6.45) is -57.1. The van der Waals surface area contributed by atoms with Crippen molar-refractivity contribution in [2.75, 3.05) is 52.9 Å². The van der Waals surface area contributed by atoms with E-state index < -0.39 is 359 Å². The van der Waals surface area contributed by atoms with Crippen LogP contribution in [0.15, 0.2) is 48.6 Å². The van der Waals surface area contributed by atoms with Crippen LogP contribution in [0.5, 0.6) is 0 Å². The average Bonchev–Trinajstić information content (AvgIpc) is 0.670. The first-order valence-corrected chi connectivity index (χ1v) is 49.2. The molecule has 45 heteroatoms. The quantitative estimate of drug-likeness (QED) is 0.00946. The second-order valence-electron chi connectivity index (χ2n) is 43.6. The fourth-order valence-electron chi connectivity index (χ4n) is 24.3. The van der Waals surface area contributed by atoms with Gasteiger partial charge in [-0.15, -0.1) is 13.2 Å². The first kappa shape index (κ1) is 114. The SMILES string of the molecule is C=CC(C)(O)CCCC(C)C(=O)OC1C(C)OC(OC(C)(C=C)COC/C(=C\C)C(=O)OC2CC3(C(=O)OC4OCC(OC5OC(CO)C(O)C(OC6OC(CO)C(OC7OC(C)C(O)C(O)C7O)C(O)C6O)C5O)C(O)C4O)CCC4(C)C(=CCC5C6(C)CCC(OC7OC(CO)C(OC8OC(CO)C(O)C(OC9OCC(O)C(O)C9O)C8O)C(O)C7O)C(C)(C)C6CCC54C)C3CC2(C)C)C(O)C1O. The standard InChI is InChI=1S/C96H154O45/c1-16-43(36-123-39-92(12,18-3)141-87-70(116)62(108)73(42(6)127-87)135-78(119)40(4)20-19-25-91(11,122)17-2)79(120)133-55-31-96(88(121)140-81-66(112)58(104)51(38-125-81)132-85-71(117)77(60(106)47(32-97)128-85)139-84-69(115)64(110)74(50(35-100)131-84)136-82-67(113)61(107)56(102)41(5)126-82)29-28-94(14)44(45(96)30-89(55,7)8)21-22-53-93(13)26-24-54(90(9,10)52(93)23-27-95(53,94)15)134-83-68(114)63(109)75(49(34-99)130-83)137-86-72(118)76(59(105)48(33-98)129-86)138-80-65(111)57(103)46(101)37-124-80/h16-18,21,40-42,45-77,80-87,97-118,122H,2-3,19-20,22-39H2,1,4-15H3/b43-16+. The van der Waals surface area contributed by atoms with Gasteiger partial charge in [0.25, 0.3) is 0 Å². The summed E-state index contributed by atoms with van der Waals surface area (Å²) < 4.78 is 114. The van der Waals surface area contributed by atoms with Gasteiger partial charge in [-0.2, -0.15) is 0 Å². The van der Waals surface area contributed by atoms with Crippen LogP contribution in [0.3, 0.4) is 0 Å². The van der Waals surface area contributed by atoms with Crippen LogP contribution in [-0.2, 0) is 104 Å². The van der Waals surface area contributed by atoms with Crippen molar-refractivity contribution in [3.05, 3.63) is 48.6 Å². The van der Waals surface area contributed by atoms with Crippen molar-refractivity contribution in [3.63, 3.8) is 0 Å². The molecule has 8 aliphatic heterocycles. The summed E-state index contributed by atoms with van der Waals surface area (Å²) in [6.45, 7) is 26.2. The molecule has 50 atom stereocenters. The molecule has 13 aliphatic rings. The summed E-state index contributed by atoms with van der Waals surface area (Å²) in [6, 6.07) is 0. The smallest absolute Gasteiger partial charge is 0.336 e. The number of fused-ring (bicyclic) bond motifs is 7. The van der Waals surface area contributed by atoms with E-state index in [2.05, 4.69) is 53.9 Å². The number of hydrogen-bond donors (Lipinski definition) is 23. The van der Waals surface area contributed by atoms with Gasteiger partial charge < -0.3 is 207 Å². The Balaban J connectivity index is 0.707. The van der Waals surface area contributed by atoms with E-state index in [4.69, 9.17) is 90.0 Å². The van der Waals surface area contributed by atoms with Crippen molar-refractivity contribution in [3.8, 4) is 0 Å². The minimum atomic E-state index is -2.13. The summed E-state index contributed by atoms with van der Waals surface area (Å²) in [5.41, 5.74) is -6.44. The van der Waals surface area contributed by atoms with E-state index in [0.717, 1.165) is 5.57 Å². The molecule has 8 heterocycles. The van der Waals surface area contributed by atoms with Gasteiger partial charge in [-0.1, -0.05) is 85.3 Å². The van der Waals surface area contributed by atoms with Crippen LogP contribution >= 0.6 is 0 Å². The number of esters is 3. The molecule has 5 aliphatic carbocycles. The maximum atomic E-state index is 16.3. The van der Waals surface area contributed by atoms with Crippen molar-refractivity contribution in [1.82, 2.24) is 0 Å². The number of carbonyl (C=O) groups is 3. The van der Waals surface area contributed by atoms with E-state index in [1.807, 2.05) is 13.8 Å². The van der Waals surface area contributed by atoms with Gasteiger partial charge in [-0.05, 0) is 145 Å². The summed E-state index contributed by atoms with van der Waals surface area (Å²) in [5, 5.41) is 255. The van der Waals surface area contributed by atoms with E-state index >= 15 is 9.59 Å². The normalized spacial score (nSPS) is 48.4. The highest BCUT2D eigenvalue weighted by Gasteiger charge is 2.72. The van der Waals surface area contributed by atoms with E-state index in [1.165, 1.54) is 32.1 Å². The minimum absolute atomic E-state index is 0.0289. The monoisotopic (exact) mass is 2030 g/mol. The molecule has 0 bridgehead atoms. The zero-order chi connectivity index (χ0) is 104. The van der Waals surface area contributed by atoms with Crippen LogP contribution < -0.4 is 0 Å². The van der Waals surface area contributed by atoms with Crippen LogP contribution in [0.1, 0.15) is 167 Å². The highest BCUT2D eigenvalue weighted by atomic mass is 16.8. The van der Waals surface area contributed by atoms with Crippen LogP contribution in [0.4, 0.5) is 0 Å². The number of rotatable bonds is 34. The Morgan fingerprint density at radius 2 is 1.01 bits per heavy atom. The maximum Gasteiger partial charge on any atom is 0.336 e. The number of aliphatic hydroxyl groups excluding tert-OH is 22. The summed E-state index contributed by atoms with van der Waals surface area (Å²) in [7, 11) is 0. The molecule has 808 valence electrons. The molecule has 45 nitrogen and oxygen atoms in total. The highest BCUT2D eigenvalue weighted by Crippen LogP contribution is 2.76. The number of hydrogen-bond acceptors (Lipinski definition) is 45. The lowest BCUT2D eigenvalue weighted by atomic mass is 9.33. The van der Waals surface area contributed by atoms with Crippen molar-refractivity contribution in [2.24, 2.45) is 56.2 Å². The number of aliphatic hydroxyl groups is 23. The minimum Gasteiger partial charge on any atom is -0.458 e. The lowest BCUT2D eigenvalue weighted by Gasteiger charge is -2.71. The molecule has 4 saturated carbocycles.